The Morgan fingerprint density at radius 3 is 2.61 bits per heavy atom. The fraction of sp³-hybridized carbons (Fsp3) is 0.235. The number of carbonyl (C=O) groups excluding carboxylic acids is 1. The second-order valence-corrected chi connectivity index (χ2v) is 7.93. The van der Waals surface area contributed by atoms with Crippen LogP contribution < -0.4 is 19.1 Å². The summed E-state index contributed by atoms with van der Waals surface area (Å²) < 4.78 is 35.9. The van der Waals surface area contributed by atoms with E-state index in [2.05, 4.69) is 5.32 Å². The number of sulfonamides is 1. The summed E-state index contributed by atoms with van der Waals surface area (Å²) >= 11 is 0. The third-order valence-corrected chi connectivity index (χ3v) is 5.27. The Morgan fingerprint density at radius 2 is 1.93 bits per heavy atom. The normalized spacial score (nSPS) is 13.6. The minimum Gasteiger partial charge on any atom is -0.454 e. The molecule has 0 saturated heterocycles. The van der Waals surface area contributed by atoms with E-state index in [1.165, 1.54) is 25.1 Å². The third-order valence-electron chi connectivity index (χ3n) is 4.02. The van der Waals surface area contributed by atoms with Crippen molar-refractivity contribution >= 4 is 33.0 Å². The zero-order valence-corrected chi connectivity index (χ0v) is 15.8. The number of hydrogen-bond acceptors (Lipinski definition) is 7. The van der Waals surface area contributed by atoms with Gasteiger partial charge in [-0.2, -0.15) is 0 Å². The van der Waals surface area contributed by atoms with Crippen LogP contribution in [0, 0.1) is 10.1 Å². The molecule has 2 aromatic rings. The Balaban J connectivity index is 1.87. The third kappa shape index (κ3) is 3.98. The number of carbonyl (C=O) groups is 1. The SMILES string of the molecule is C[C@H](C(=O)Nc1ccc2c(c1)OCO2)N(c1cccc([N+](=O)[O-])c1)S(C)(=O)=O. The highest BCUT2D eigenvalue weighted by atomic mass is 32.2. The van der Waals surface area contributed by atoms with Gasteiger partial charge in [-0.1, -0.05) is 6.07 Å². The first kappa shape index (κ1) is 19.4. The second kappa shape index (κ2) is 7.35. The first-order valence-corrected chi connectivity index (χ1v) is 9.96. The van der Waals surface area contributed by atoms with Crippen LogP contribution in [0.4, 0.5) is 17.1 Å². The zero-order chi connectivity index (χ0) is 20.5. The molecule has 3 rings (SSSR count). The van der Waals surface area contributed by atoms with Gasteiger partial charge >= 0.3 is 0 Å². The quantitative estimate of drug-likeness (QED) is 0.574. The number of amides is 1. The number of nitro benzene ring substituents is 1. The zero-order valence-electron chi connectivity index (χ0n) is 15.0. The fourth-order valence-corrected chi connectivity index (χ4v) is 3.94. The average Bonchev–Trinajstić information content (AvgIpc) is 3.08. The minimum atomic E-state index is -3.90. The number of benzene rings is 2. The number of anilines is 2. The molecule has 1 amide bonds. The Kier molecular flexibility index (Phi) is 5.10. The monoisotopic (exact) mass is 407 g/mol. The van der Waals surface area contributed by atoms with Gasteiger partial charge in [0.15, 0.2) is 11.5 Å². The Labute approximate surface area is 160 Å². The number of hydrogen-bond donors (Lipinski definition) is 1. The van der Waals surface area contributed by atoms with Crippen molar-refractivity contribution in [2.24, 2.45) is 0 Å². The van der Waals surface area contributed by atoms with Crippen molar-refractivity contribution in [2.75, 3.05) is 22.7 Å². The highest BCUT2D eigenvalue weighted by Crippen LogP contribution is 2.34. The molecule has 1 heterocycles. The van der Waals surface area contributed by atoms with E-state index in [4.69, 9.17) is 9.47 Å². The maximum atomic E-state index is 12.7. The van der Waals surface area contributed by atoms with Crippen LogP contribution in [0.3, 0.4) is 0 Å². The lowest BCUT2D eigenvalue weighted by molar-refractivity contribution is -0.384. The van der Waals surface area contributed by atoms with Crippen LogP contribution in [0.1, 0.15) is 6.92 Å². The van der Waals surface area contributed by atoms with Gasteiger partial charge in [0.05, 0.1) is 16.9 Å². The molecule has 0 aromatic heterocycles. The molecular weight excluding hydrogens is 390 g/mol. The number of fused-ring (bicyclic) bond motifs is 1. The molecule has 1 aliphatic heterocycles. The molecule has 0 radical (unpaired) electrons. The van der Waals surface area contributed by atoms with Crippen LogP contribution in [0.2, 0.25) is 0 Å². The molecule has 0 saturated carbocycles. The van der Waals surface area contributed by atoms with E-state index in [1.54, 1.807) is 18.2 Å². The van der Waals surface area contributed by atoms with E-state index in [-0.39, 0.29) is 18.2 Å². The van der Waals surface area contributed by atoms with Crippen molar-refractivity contribution in [3.05, 3.63) is 52.6 Å². The number of ether oxygens (including phenoxy) is 2. The average molecular weight is 407 g/mol. The van der Waals surface area contributed by atoms with Crippen LogP contribution >= 0.6 is 0 Å². The summed E-state index contributed by atoms with van der Waals surface area (Å²) in [5.41, 5.74) is 0.133. The van der Waals surface area contributed by atoms with E-state index in [0.29, 0.717) is 17.2 Å². The first-order valence-electron chi connectivity index (χ1n) is 8.11. The molecule has 28 heavy (non-hydrogen) atoms. The van der Waals surface area contributed by atoms with E-state index < -0.39 is 26.9 Å². The number of non-ortho nitro benzene ring substituents is 1. The lowest BCUT2D eigenvalue weighted by Gasteiger charge is -2.28. The molecular formula is C17H17N3O7S. The predicted molar refractivity (Wildman–Crippen MR) is 101 cm³/mol. The Hall–Kier alpha value is -3.34. The summed E-state index contributed by atoms with van der Waals surface area (Å²) in [4.78, 5) is 23.0. The Morgan fingerprint density at radius 1 is 1.21 bits per heavy atom. The van der Waals surface area contributed by atoms with Gasteiger partial charge in [-0.25, -0.2) is 8.42 Å². The lowest BCUT2D eigenvalue weighted by Crippen LogP contribution is -2.45. The molecule has 0 spiro atoms. The number of rotatable bonds is 6. The number of nitrogens with zero attached hydrogens (tertiary/aromatic N) is 2. The second-order valence-electron chi connectivity index (χ2n) is 6.07. The first-order chi connectivity index (χ1) is 13.2. The van der Waals surface area contributed by atoms with Gasteiger partial charge in [0.25, 0.3) is 5.69 Å². The van der Waals surface area contributed by atoms with Gasteiger partial charge < -0.3 is 14.8 Å². The van der Waals surface area contributed by atoms with Crippen molar-refractivity contribution in [3.63, 3.8) is 0 Å². The smallest absolute Gasteiger partial charge is 0.271 e. The molecule has 11 heteroatoms. The van der Waals surface area contributed by atoms with E-state index in [1.807, 2.05) is 0 Å². The van der Waals surface area contributed by atoms with E-state index >= 15 is 0 Å². The molecule has 1 N–H and O–H groups in total. The van der Waals surface area contributed by atoms with Gasteiger partial charge in [0, 0.05) is 23.9 Å². The summed E-state index contributed by atoms with van der Waals surface area (Å²) in [5, 5.41) is 13.6. The summed E-state index contributed by atoms with van der Waals surface area (Å²) in [6.45, 7) is 1.47. The number of nitro groups is 1. The van der Waals surface area contributed by atoms with Gasteiger partial charge in [0.1, 0.15) is 6.04 Å². The van der Waals surface area contributed by atoms with Crippen molar-refractivity contribution < 1.29 is 27.6 Å². The highest BCUT2D eigenvalue weighted by Gasteiger charge is 2.30. The van der Waals surface area contributed by atoms with E-state index in [9.17, 15) is 23.3 Å². The number of nitrogens with one attached hydrogen (secondary N) is 1. The maximum Gasteiger partial charge on any atom is 0.271 e. The van der Waals surface area contributed by atoms with Crippen LogP contribution in [-0.2, 0) is 14.8 Å². The van der Waals surface area contributed by atoms with Crippen molar-refractivity contribution in [3.8, 4) is 11.5 Å². The minimum absolute atomic E-state index is 0.0186. The molecule has 10 nitrogen and oxygen atoms in total. The van der Waals surface area contributed by atoms with Gasteiger partial charge in [-0.3, -0.25) is 19.2 Å². The summed E-state index contributed by atoms with van der Waals surface area (Å²) in [6, 6.07) is 8.69. The highest BCUT2D eigenvalue weighted by molar-refractivity contribution is 7.92. The summed E-state index contributed by atoms with van der Waals surface area (Å²) in [7, 11) is -3.90. The molecule has 1 aliphatic rings. The van der Waals surface area contributed by atoms with E-state index in [0.717, 1.165) is 16.6 Å². The maximum absolute atomic E-state index is 12.7. The van der Waals surface area contributed by atoms with Crippen LogP contribution in [0.5, 0.6) is 11.5 Å². The van der Waals surface area contributed by atoms with Gasteiger partial charge in [-0.15, -0.1) is 0 Å². The predicted octanol–water partition coefficient (Wildman–Crippen LogP) is 2.12. The summed E-state index contributed by atoms with van der Waals surface area (Å²) in [6.07, 6.45) is 0.927. The van der Waals surface area contributed by atoms with Gasteiger partial charge in [0.2, 0.25) is 22.7 Å². The van der Waals surface area contributed by atoms with Crippen LogP contribution in [0.25, 0.3) is 0 Å². The molecule has 0 bridgehead atoms. The van der Waals surface area contributed by atoms with Crippen molar-refractivity contribution in [1.82, 2.24) is 0 Å². The topological polar surface area (TPSA) is 128 Å². The summed E-state index contributed by atoms with van der Waals surface area (Å²) in [5.74, 6) is 0.389. The van der Waals surface area contributed by atoms with Crippen LogP contribution in [-0.4, -0.2) is 38.3 Å². The molecule has 2 aromatic carbocycles. The van der Waals surface area contributed by atoms with Gasteiger partial charge in [-0.05, 0) is 25.1 Å². The largest absolute Gasteiger partial charge is 0.454 e. The Bertz CT molecular complexity index is 1040. The van der Waals surface area contributed by atoms with Crippen molar-refractivity contribution in [2.45, 2.75) is 13.0 Å². The lowest BCUT2D eigenvalue weighted by atomic mass is 10.2. The molecule has 1 atom stereocenters. The molecule has 0 fully saturated rings. The van der Waals surface area contributed by atoms with Crippen LogP contribution in [0.15, 0.2) is 42.5 Å². The fourth-order valence-electron chi connectivity index (χ4n) is 2.77. The molecule has 148 valence electrons. The molecule has 0 aliphatic carbocycles. The van der Waals surface area contributed by atoms with Crippen molar-refractivity contribution in [1.29, 1.82) is 0 Å². The molecule has 0 unspecified atom stereocenters. The standard InChI is InChI=1S/C17H17N3O7S/c1-11(17(21)18-12-6-7-15-16(8-12)27-10-26-15)19(28(2,24)25)13-4-3-5-14(9-13)20(22)23/h3-9,11H,10H2,1-2H3,(H,18,21)/t11-/m1/s1.